The van der Waals surface area contributed by atoms with Crippen LogP contribution in [0, 0.1) is 0 Å². The van der Waals surface area contributed by atoms with Gasteiger partial charge in [0.25, 0.3) is 0 Å². The highest BCUT2D eigenvalue weighted by atomic mass is 16.3. The van der Waals surface area contributed by atoms with Crippen LogP contribution in [0.3, 0.4) is 0 Å². The second-order valence-corrected chi connectivity index (χ2v) is 16.5. The van der Waals surface area contributed by atoms with Crippen molar-refractivity contribution in [1.29, 1.82) is 0 Å². The predicted octanol–water partition coefficient (Wildman–Crippen LogP) is 15.0. The lowest BCUT2D eigenvalue weighted by atomic mass is 10.0. The Kier molecular flexibility index (Phi) is 43.8. The fourth-order valence-corrected chi connectivity index (χ4v) is 7.59. The molecule has 0 saturated carbocycles. The van der Waals surface area contributed by atoms with E-state index in [2.05, 4.69) is 19.2 Å². The first-order valence-electron chi connectivity index (χ1n) is 23.9. The number of amides is 1. The molecule has 0 aromatic heterocycles. The topological polar surface area (TPSA) is 69.6 Å². The average Bonchev–Trinajstić information content (AvgIpc) is 3.15. The Morgan fingerprint density at radius 1 is 0.442 bits per heavy atom. The predicted molar refractivity (Wildman–Crippen MR) is 230 cm³/mol. The number of aliphatic hydroxyl groups excluding tert-OH is 2. The molecule has 0 rings (SSSR count). The van der Waals surface area contributed by atoms with E-state index in [1.54, 1.807) is 6.08 Å². The maximum Gasteiger partial charge on any atom is 0.220 e. The number of hydrogen-bond donors (Lipinski definition) is 3. The van der Waals surface area contributed by atoms with E-state index in [-0.39, 0.29) is 12.5 Å². The summed E-state index contributed by atoms with van der Waals surface area (Å²) in [4.78, 5) is 12.3. The zero-order valence-electron chi connectivity index (χ0n) is 35.6. The first kappa shape index (κ1) is 51.1. The van der Waals surface area contributed by atoms with Gasteiger partial charge in [-0.2, -0.15) is 0 Å². The summed E-state index contributed by atoms with van der Waals surface area (Å²) in [7, 11) is 0. The molecule has 4 heteroatoms. The lowest BCUT2D eigenvalue weighted by molar-refractivity contribution is -0.123. The minimum atomic E-state index is -0.833. The minimum Gasteiger partial charge on any atom is -0.394 e. The van der Waals surface area contributed by atoms with Gasteiger partial charge in [0.1, 0.15) is 0 Å². The largest absolute Gasteiger partial charge is 0.394 e. The van der Waals surface area contributed by atoms with Crippen LogP contribution >= 0.6 is 0 Å². The normalized spacial score (nSPS) is 12.9. The molecule has 0 aromatic rings. The van der Waals surface area contributed by atoms with Gasteiger partial charge in [-0.15, -0.1) is 0 Å². The molecule has 0 bridgehead atoms. The highest BCUT2D eigenvalue weighted by molar-refractivity contribution is 5.76. The maximum absolute atomic E-state index is 12.3. The Balaban J connectivity index is 3.41. The third-order valence-corrected chi connectivity index (χ3v) is 11.3. The van der Waals surface area contributed by atoms with E-state index in [0.717, 1.165) is 25.7 Å². The van der Waals surface area contributed by atoms with Crippen molar-refractivity contribution in [1.82, 2.24) is 5.32 Å². The molecule has 4 nitrogen and oxygen atoms in total. The summed E-state index contributed by atoms with van der Waals surface area (Å²) in [6.07, 6.45) is 56.4. The van der Waals surface area contributed by atoms with Crippen LogP contribution in [0.5, 0.6) is 0 Å². The molecule has 2 unspecified atom stereocenters. The number of nitrogens with one attached hydrogen (secondary N) is 1. The van der Waals surface area contributed by atoms with Gasteiger partial charge in [-0.05, 0) is 19.3 Å². The van der Waals surface area contributed by atoms with Gasteiger partial charge >= 0.3 is 0 Å². The van der Waals surface area contributed by atoms with E-state index >= 15 is 0 Å². The first-order valence-corrected chi connectivity index (χ1v) is 23.9. The van der Waals surface area contributed by atoms with E-state index in [9.17, 15) is 15.0 Å². The molecule has 310 valence electrons. The Hall–Kier alpha value is -0.870. The molecule has 0 saturated heterocycles. The van der Waals surface area contributed by atoms with Crippen LogP contribution in [0.15, 0.2) is 12.2 Å². The number of aliphatic hydroxyl groups is 2. The third-order valence-electron chi connectivity index (χ3n) is 11.3. The second-order valence-electron chi connectivity index (χ2n) is 16.5. The summed E-state index contributed by atoms with van der Waals surface area (Å²) in [5.41, 5.74) is 0. The van der Waals surface area contributed by atoms with Crippen LogP contribution in [0.25, 0.3) is 0 Å². The molecule has 0 fully saturated rings. The van der Waals surface area contributed by atoms with E-state index in [1.807, 2.05) is 6.08 Å². The van der Waals surface area contributed by atoms with Crippen molar-refractivity contribution in [2.45, 2.75) is 283 Å². The second kappa shape index (κ2) is 44.5. The molecule has 0 heterocycles. The quantitative estimate of drug-likeness (QED) is 0.0431. The summed E-state index contributed by atoms with van der Waals surface area (Å²) in [5.74, 6) is -0.0631. The van der Waals surface area contributed by atoms with E-state index in [1.165, 1.54) is 225 Å². The van der Waals surface area contributed by atoms with Gasteiger partial charge in [0, 0.05) is 6.42 Å². The minimum absolute atomic E-state index is 0.0631. The molecule has 0 spiro atoms. The molecule has 0 radical (unpaired) electrons. The zero-order chi connectivity index (χ0) is 37.8. The Labute approximate surface area is 327 Å². The zero-order valence-corrected chi connectivity index (χ0v) is 35.6. The molecular weight excluding hydrogens is 639 g/mol. The average molecular weight is 734 g/mol. The van der Waals surface area contributed by atoms with Gasteiger partial charge in [0.2, 0.25) is 5.91 Å². The molecule has 0 aliphatic heterocycles. The summed E-state index contributed by atoms with van der Waals surface area (Å²) in [5, 5.41) is 23.0. The Bertz CT molecular complexity index is 710. The summed E-state index contributed by atoms with van der Waals surface area (Å²) >= 11 is 0. The van der Waals surface area contributed by atoms with Gasteiger partial charge in [-0.25, -0.2) is 0 Å². The van der Waals surface area contributed by atoms with Crippen molar-refractivity contribution in [2.75, 3.05) is 6.61 Å². The highest BCUT2D eigenvalue weighted by Crippen LogP contribution is 2.17. The number of carbonyl (C=O) groups excluding carboxylic acids is 1. The smallest absolute Gasteiger partial charge is 0.220 e. The van der Waals surface area contributed by atoms with E-state index in [0.29, 0.717) is 6.42 Å². The van der Waals surface area contributed by atoms with Crippen LogP contribution in [0.4, 0.5) is 0 Å². The molecule has 0 aliphatic rings. The van der Waals surface area contributed by atoms with Gasteiger partial charge < -0.3 is 15.5 Å². The number of unbranched alkanes of at least 4 members (excludes halogenated alkanes) is 37. The molecular formula is C48H95NO3. The summed E-state index contributed by atoms with van der Waals surface area (Å²) in [6, 6.07) is -0.615. The Morgan fingerprint density at radius 2 is 0.712 bits per heavy atom. The van der Waals surface area contributed by atoms with Gasteiger partial charge in [-0.1, -0.05) is 257 Å². The van der Waals surface area contributed by atoms with Crippen LogP contribution in [0.2, 0.25) is 0 Å². The van der Waals surface area contributed by atoms with E-state index in [4.69, 9.17) is 0 Å². The molecule has 52 heavy (non-hydrogen) atoms. The molecule has 2 atom stereocenters. The molecule has 0 aromatic carbocycles. The van der Waals surface area contributed by atoms with Crippen LogP contribution in [-0.2, 0) is 4.79 Å². The summed E-state index contributed by atoms with van der Waals surface area (Å²) in [6.45, 7) is 4.31. The first-order chi connectivity index (χ1) is 25.7. The maximum atomic E-state index is 12.3. The number of allylic oxidation sites excluding steroid dienone is 1. The van der Waals surface area contributed by atoms with Crippen LogP contribution in [-0.4, -0.2) is 34.9 Å². The molecule has 0 aliphatic carbocycles. The lowest BCUT2D eigenvalue weighted by Gasteiger charge is -2.20. The van der Waals surface area contributed by atoms with Gasteiger partial charge in [-0.3, -0.25) is 4.79 Å². The van der Waals surface area contributed by atoms with Crippen molar-refractivity contribution < 1.29 is 15.0 Å². The summed E-state index contributed by atoms with van der Waals surface area (Å²) < 4.78 is 0. The highest BCUT2D eigenvalue weighted by Gasteiger charge is 2.18. The lowest BCUT2D eigenvalue weighted by Crippen LogP contribution is -2.45. The fourth-order valence-electron chi connectivity index (χ4n) is 7.59. The van der Waals surface area contributed by atoms with Gasteiger partial charge in [0.05, 0.1) is 18.8 Å². The van der Waals surface area contributed by atoms with Crippen LogP contribution < -0.4 is 5.32 Å². The molecule has 3 N–H and O–H groups in total. The molecule has 1 amide bonds. The van der Waals surface area contributed by atoms with Crippen molar-refractivity contribution >= 4 is 5.91 Å². The van der Waals surface area contributed by atoms with Crippen LogP contribution in [0.1, 0.15) is 271 Å². The number of carbonyl (C=O) groups is 1. The Morgan fingerprint density at radius 3 is 1.00 bits per heavy atom. The fraction of sp³-hybridized carbons (Fsp3) is 0.938. The van der Waals surface area contributed by atoms with Crippen molar-refractivity contribution in [3.8, 4) is 0 Å². The number of rotatable bonds is 44. The van der Waals surface area contributed by atoms with Crippen molar-refractivity contribution in [3.63, 3.8) is 0 Å². The standard InChI is InChI=1S/C48H95NO3/c1-3-5-7-9-11-13-15-16-17-18-19-20-21-22-23-24-25-26-27-28-29-30-31-32-33-34-35-37-39-41-43-47(51)46(45-50)49-48(52)44-42-40-38-36-14-12-10-8-6-4-2/h41,43,46-47,50-51H,3-40,42,44-45H2,1-2H3,(H,49,52)/b43-41+. The van der Waals surface area contributed by atoms with Crippen molar-refractivity contribution in [2.24, 2.45) is 0 Å². The van der Waals surface area contributed by atoms with E-state index < -0.39 is 12.1 Å². The third kappa shape index (κ3) is 40.3. The SMILES string of the molecule is CCCCCCCCCCCCCCCCCCCCCCCCCCCCCC/C=C/C(O)C(CO)NC(=O)CCCCCCCCCCCC. The monoisotopic (exact) mass is 734 g/mol. The van der Waals surface area contributed by atoms with Gasteiger partial charge in [0.15, 0.2) is 0 Å². The van der Waals surface area contributed by atoms with Crippen molar-refractivity contribution in [3.05, 3.63) is 12.2 Å². The number of hydrogen-bond acceptors (Lipinski definition) is 3.